The number of ether oxygens (including phenoxy) is 1. The van der Waals surface area contributed by atoms with Crippen molar-refractivity contribution in [3.8, 4) is 11.1 Å². The molecule has 0 bridgehead atoms. The van der Waals surface area contributed by atoms with Gasteiger partial charge in [-0.25, -0.2) is 4.79 Å². The van der Waals surface area contributed by atoms with E-state index in [0.717, 1.165) is 37.1 Å². The molecule has 1 fully saturated rings. The fourth-order valence-electron chi connectivity index (χ4n) is 4.63. The normalized spacial score (nSPS) is 16.5. The number of carboxylic acid groups (broad SMARTS) is 1. The van der Waals surface area contributed by atoms with E-state index >= 15 is 0 Å². The maximum Gasteiger partial charge on any atom is 0.407 e. The first-order valence-electron chi connectivity index (χ1n) is 10.7. The average Bonchev–Trinajstić information content (AvgIpc) is 3.06. The van der Waals surface area contributed by atoms with Crippen molar-refractivity contribution >= 4 is 24.5 Å². The van der Waals surface area contributed by atoms with Gasteiger partial charge in [0.25, 0.3) is 0 Å². The molecule has 1 aliphatic heterocycles. The molecule has 0 saturated carbocycles. The molecule has 4 rings (SSSR count). The number of hydrogen-bond donors (Lipinski definition) is 2. The van der Waals surface area contributed by atoms with Crippen LogP contribution in [0.4, 0.5) is 4.79 Å². The van der Waals surface area contributed by atoms with E-state index in [-0.39, 0.29) is 31.4 Å². The number of fused-ring (bicyclic) bond motifs is 3. The van der Waals surface area contributed by atoms with Crippen LogP contribution >= 0.6 is 12.4 Å². The first-order chi connectivity index (χ1) is 14.6. The fraction of sp³-hybridized carbons (Fsp3) is 0.417. The van der Waals surface area contributed by atoms with Crippen molar-refractivity contribution in [2.24, 2.45) is 0 Å². The number of carbonyl (C=O) groups excluding carboxylic acids is 1. The third-order valence-electron chi connectivity index (χ3n) is 6.01. The second-order valence-corrected chi connectivity index (χ2v) is 8.13. The van der Waals surface area contributed by atoms with E-state index in [9.17, 15) is 14.7 Å². The summed E-state index contributed by atoms with van der Waals surface area (Å²) in [6.45, 7) is 2.66. The number of piperidine rings is 1. The number of nitrogens with zero attached hydrogens (tertiary/aromatic N) is 1. The van der Waals surface area contributed by atoms with E-state index in [2.05, 4.69) is 34.5 Å². The van der Waals surface area contributed by atoms with E-state index in [1.54, 1.807) is 0 Å². The van der Waals surface area contributed by atoms with Gasteiger partial charge in [0.1, 0.15) is 6.61 Å². The highest BCUT2D eigenvalue weighted by atomic mass is 35.5. The zero-order chi connectivity index (χ0) is 20.9. The average molecular weight is 445 g/mol. The van der Waals surface area contributed by atoms with Gasteiger partial charge in [0, 0.05) is 12.5 Å². The van der Waals surface area contributed by atoms with Crippen molar-refractivity contribution in [2.75, 3.05) is 26.2 Å². The van der Waals surface area contributed by atoms with Crippen molar-refractivity contribution in [3.63, 3.8) is 0 Å². The third kappa shape index (κ3) is 5.57. The van der Waals surface area contributed by atoms with Crippen LogP contribution in [0.1, 0.15) is 42.7 Å². The van der Waals surface area contributed by atoms with E-state index in [1.165, 1.54) is 17.5 Å². The van der Waals surface area contributed by atoms with Crippen molar-refractivity contribution in [1.29, 1.82) is 0 Å². The number of alkyl carbamates (subject to hydrolysis) is 1. The number of carbonyl (C=O) groups is 2. The van der Waals surface area contributed by atoms with Gasteiger partial charge in [-0.2, -0.15) is 0 Å². The number of halogens is 1. The van der Waals surface area contributed by atoms with Crippen molar-refractivity contribution in [3.05, 3.63) is 59.7 Å². The Morgan fingerprint density at radius 3 is 2.16 bits per heavy atom. The Morgan fingerprint density at radius 1 is 1.00 bits per heavy atom. The predicted octanol–water partition coefficient (Wildman–Crippen LogP) is 4.28. The zero-order valence-electron chi connectivity index (χ0n) is 17.5. The molecule has 1 unspecified atom stereocenters. The number of amides is 1. The van der Waals surface area contributed by atoms with Crippen LogP contribution in [0.2, 0.25) is 0 Å². The molecule has 6 nitrogen and oxygen atoms in total. The van der Waals surface area contributed by atoms with Crippen LogP contribution in [0, 0.1) is 0 Å². The van der Waals surface area contributed by atoms with Crippen LogP contribution in [-0.2, 0) is 9.53 Å². The Labute approximate surface area is 189 Å². The minimum absolute atomic E-state index is 0. The third-order valence-corrected chi connectivity index (χ3v) is 6.01. The molecule has 1 saturated heterocycles. The maximum absolute atomic E-state index is 12.5. The van der Waals surface area contributed by atoms with Crippen LogP contribution in [0.25, 0.3) is 11.1 Å². The summed E-state index contributed by atoms with van der Waals surface area (Å²) in [7, 11) is 0. The molecular formula is C24H29ClN2O4. The summed E-state index contributed by atoms with van der Waals surface area (Å²) in [5, 5.41) is 12.0. The van der Waals surface area contributed by atoms with E-state index in [1.807, 2.05) is 24.3 Å². The van der Waals surface area contributed by atoms with Gasteiger partial charge in [-0.05, 0) is 48.2 Å². The van der Waals surface area contributed by atoms with Gasteiger partial charge in [0.2, 0.25) is 0 Å². The van der Waals surface area contributed by atoms with E-state index < -0.39 is 18.1 Å². The van der Waals surface area contributed by atoms with Gasteiger partial charge in [-0.3, -0.25) is 4.79 Å². The molecular weight excluding hydrogens is 416 g/mol. The first-order valence-corrected chi connectivity index (χ1v) is 10.7. The van der Waals surface area contributed by atoms with Gasteiger partial charge in [-0.1, -0.05) is 55.0 Å². The number of rotatable bonds is 7. The predicted molar refractivity (Wildman–Crippen MR) is 122 cm³/mol. The standard InChI is InChI=1S/C24H28N2O4.ClH/c27-23(28)14-17(15-26-12-6-1-7-13-26)25-24(29)30-16-22-20-10-4-2-8-18(20)19-9-3-5-11-21(19)22;/h2-5,8-11,17,22H,1,6-7,12-16H2,(H,25,29)(H,27,28);1H. The maximum atomic E-state index is 12.5. The number of aliphatic carboxylic acids is 1. The lowest BCUT2D eigenvalue weighted by Crippen LogP contribution is -2.46. The molecule has 0 radical (unpaired) electrons. The molecule has 0 spiro atoms. The van der Waals surface area contributed by atoms with E-state index in [0.29, 0.717) is 6.54 Å². The van der Waals surface area contributed by atoms with Crippen LogP contribution in [0.3, 0.4) is 0 Å². The van der Waals surface area contributed by atoms with Gasteiger partial charge in [-0.15, -0.1) is 12.4 Å². The molecule has 31 heavy (non-hydrogen) atoms. The quantitative estimate of drug-likeness (QED) is 0.666. The summed E-state index contributed by atoms with van der Waals surface area (Å²) >= 11 is 0. The number of benzene rings is 2. The highest BCUT2D eigenvalue weighted by Crippen LogP contribution is 2.44. The Kier molecular flexibility index (Phi) is 7.93. The lowest BCUT2D eigenvalue weighted by atomic mass is 9.98. The molecule has 1 atom stereocenters. The number of nitrogens with one attached hydrogen (secondary N) is 1. The second kappa shape index (κ2) is 10.6. The summed E-state index contributed by atoms with van der Waals surface area (Å²) in [5.74, 6) is -0.931. The van der Waals surface area contributed by atoms with Gasteiger partial charge in [0.15, 0.2) is 0 Å². The zero-order valence-corrected chi connectivity index (χ0v) is 18.3. The number of hydrogen-bond acceptors (Lipinski definition) is 4. The van der Waals surface area contributed by atoms with Gasteiger partial charge < -0.3 is 20.1 Å². The molecule has 2 aromatic carbocycles. The summed E-state index contributed by atoms with van der Waals surface area (Å²) in [6, 6.07) is 15.9. The Bertz CT molecular complexity index is 868. The molecule has 1 heterocycles. The smallest absolute Gasteiger partial charge is 0.407 e. The Morgan fingerprint density at radius 2 is 1.58 bits per heavy atom. The molecule has 2 aromatic rings. The minimum atomic E-state index is -0.920. The lowest BCUT2D eigenvalue weighted by molar-refractivity contribution is -0.137. The fourth-order valence-corrected chi connectivity index (χ4v) is 4.63. The molecule has 2 aliphatic rings. The first kappa shape index (κ1) is 23.1. The van der Waals surface area contributed by atoms with Crippen molar-refractivity contribution < 1.29 is 19.4 Å². The Balaban J connectivity index is 0.00000272. The molecule has 0 aromatic heterocycles. The Hall–Kier alpha value is -2.57. The van der Waals surface area contributed by atoms with Crippen LogP contribution in [0.5, 0.6) is 0 Å². The monoisotopic (exact) mass is 444 g/mol. The van der Waals surface area contributed by atoms with Crippen LogP contribution in [0.15, 0.2) is 48.5 Å². The molecule has 166 valence electrons. The summed E-state index contributed by atoms with van der Waals surface area (Å²) in [5.41, 5.74) is 4.66. The second-order valence-electron chi connectivity index (χ2n) is 8.13. The molecule has 7 heteroatoms. The van der Waals surface area contributed by atoms with E-state index in [4.69, 9.17) is 4.74 Å². The van der Waals surface area contributed by atoms with Crippen LogP contribution < -0.4 is 5.32 Å². The highest BCUT2D eigenvalue weighted by molar-refractivity contribution is 5.85. The summed E-state index contributed by atoms with van der Waals surface area (Å²) in [6.07, 6.45) is 2.77. The minimum Gasteiger partial charge on any atom is -0.481 e. The topological polar surface area (TPSA) is 78.9 Å². The molecule has 1 aliphatic carbocycles. The largest absolute Gasteiger partial charge is 0.481 e. The SMILES string of the molecule is Cl.O=C(O)CC(CN1CCCCC1)NC(=O)OCC1c2ccccc2-c2ccccc21. The molecule has 2 N–H and O–H groups in total. The van der Waals surface area contributed by atoms with Gasteiger partial charge >= 0.3 is 12.1 Å². The summed E-state index contributed by atoms with van der Waals surface area (Å²) in [4.78, 5) is 26.0. The van der Waals surface area contributed by atoms with Gasteiger partial charge in [0.05, 0.1) is 12.5 Å². The van der Waals surface area contributed by atoms with Crippen molar-refractivity contribution in [1.82, 2.24) is 10.2 Å². The molecule has 1 amide bonds. The lowest BCUT2D eigenvalue weighted by Gasteiger charge is -2.30. The van der Waals surface area contributed by atoms with Crippen LogP contribution in [-0.4, -0.2) is 54.4 Å². The van der Waals surface area contributed by atoms with Crippen molar-refractivity contribution in [2.45, 2.75) is 37.6 Å². The summed E-state index contributed by atoms with van der Waals surface area (Å²) < 4.78 is 5.58. The highest BCUT2D eigenvalue weighted by Gasteiger charge is 2.29. The number of carboxylic acids is 1. The number of likely N-dealkylation sites (tertiary alicyclic amines) is 1.